The van der Waals surface area contributed by atoms with E-state index in [-0.39, 0.29) is 27.9 Å². The van der Waals surface area contributed by atoms with Crippen LogP contribution < -0.4 is 16.1 Å². The molecule has 0 aliphatic heterocycles. The van der Waals surface area contributed by atoms with Crippen LogP contribution in [0.25, 0.3) is 0 Å². The lowest BCUT2D eigenvalue weighted by Gasteiger charge is -2.13. The van der Waals surface area contributed by atoms with Crippen molar-refractivity contribution in [2.24, 2.45) is 5.92 Å². The number of carbonyl (C=O) groups excluding carboxylic acids is 2. The fourth-order valence-electron chi connectivity index (χ4n) is 2.51. The first-order chi connectivity index (χ1) is 13.2. The van der Waals surface area contributed by atoms with Gasteiger partial charge in [-0.15, -0.1) is 23.2 Å². The molecule has 1 aliphatic carbocycles. The molecule has 1 unspecified atom stereocenters. The van der Waals surface area contributed by atoms with Crippen molar-refractivity contribution in [3.63, 3.8) is 0 Å². The van der Waals surface area contributed by atoms with E-state index in [1.807, 2.05) is 0 Å². The number of hydrogen-bond acceptors (Lipinski definition) is 4. The minimum absolute atomic E-state index is 0.117. The molecule has 1 atom stereocenters. The van der Waals surface area contributed by atoms with Gasteiger partial charge in [-0.05, 0) is 36.8 Å². The molecule has 3 rings (SSSR count). The van der Waals surface area contributed by atoms with Crippen molar-refractivity contribution in [2.75, 3.05) is 23.2 Å². The van der Waals surface area contributed by atoms with Gasteiger partial charge in [-0.1, -0.05) is 11.6 Å². The predicted molar refractivity (Wildman–Crippen MR) is 108 cm³/mol. The Morgan fingerprint density at radius 1 is 1.14 bits per heavy atom. The number of rotatable bonds is 6. The number of benzene rings is 2. The Bertz CT molecular complexity index is 940. The number of halogens is 4. The van der Waals surface area contributed by atoms with E-state index in [1.54, 1.807) is 6.07 Å². The Kier molecular flexibility index (Phi) is 6.00. The Labute approximate surface area is 175 Å². The third-order valence-electron chi connectivity index (χ3n) is 4.06. The summed E-state index contributed by atoms with van der Waals surface area (Å²) < 4.78 is 12.4. The highest BCUT2D eigenvalue weighted by molar-refractivity contribution is 6.52. The van der Waals surface area contributed by atoms with Crippen molar-refractivity contribution in [3.05, 3.63) is 52.8 Å². The normalized spacial score (nSPS) is 17.0. The number of nitrogens with one attached hydrogen (secondary N) is 3. The van der Waals surface area contributed by atoms with Crippen LogP contribution in [0.4, 0.5) is 21.5 Å². The highest BCUT2D eigenvalue weighted by atomic mass is 35.5. The van der Waals surface area contributed by atoms with Gasteiger partial charge in [0.2, 0.25) is 5.91 Å². The first-order valence-corrected chi connectivity index (χ1v) is 9.23. The molecule has 1 saturated carbocycles. The quantitative estimate of drug-likeness (QED) is 0.438. The number of carbonyl (C=O) groups is 2. The molecule has 0 aromatic heterocycles. The molecule has 0 bridgehead atoms. The lowest BCUT2D eigenvalue weighted by Crippen LogP contribution is -2.18. The van der Waals surface area contributed by atoms with Gasteiger partial charge in [0.05, 0.1) is 35.0 Å². The topological polar surface area (TPSA) is 79.5 Å². The second kappa shape index (κ2) is 8.13. The molecule has 28 heavy (non-hydrogen) atoms. The van der Waals surface area contributed by atoms with Crippen molar-refractivity contribution in [2.45, 2.75) is 10.8 Å². The van der Waals surface area contributed by atoms with E-state index in [0.717, 1.165) is 6.07 Å². The van der Waals surface area contributed by atoms with E-state index in [2.05, 4.69) is 16.1 Å². The van der Waals surface area contributed by atoms with Gasteiger partial charge in [-0.25, -0.2) is 4.39 Å². The third-order valence-corrected chi connectivity index (χ3v) is 5.23. The van der Waals surface area contributed by atoms with Crippen molar-refractivity contribution in [1.82, 2.24) is 0 Å². The Hall–Kier alpha value is -2.06. The molecule has 0 spiro atoms. The summed E-state index contributed by atoms with van der Waals surface area (Å²) >= 11 is 17.9. The van der Waals surface area contributed by atoms with E-state index in [1.165, 1.54) is 31.4 Å². The van der Waals surface area contributed by atoms with Crippen LogP contribution in [0.3, 0.4) is 0 Å². The van der Waals surface area contributed by atoms with Gasteiger partial charge in [0.15, 0.2) is 0 Å². The van der Waals surface area contributed by atoms with Gasteiger partial charge < -0.3 is 10.6 Å². The second-order valence-electron chi connectivity index (χ2n) is 6.15. The summed E-state index contributed by atoms with van der Waals surface area (Å²) in [5.41, 5.74) is 3.48. The highest BCUT2D eigenvalue weighted by Crippen LogP contribution is 2.53. The molecular formula is C18H15Cl3FN3O3. The summed E-state index contributed by atoms with van der Waals surface area (Å²) in [6.45, 7) is 0. The predicted octanol–water partition coefficient (Wildman–Crippen LogP) is 4.84. The largest absolute Gasteiger partial charge is 0.326 e. The molecular weight excluding hydrogens is 432 g/mol. The average Bonchev–Trinajstić information content (AvgIpc) is 3.27. The summed E-state index contributed by atoms with van der Waals surface area (Å²) in [4.78, 5) is 29.6. The molecule has 3 N–H and O–H groups in total. The standard InChI is InChI=1S/C18H15Cl3FN3O3/c1-28-25-15-6-9(22)2-5-14(15)24-16(26)11-7-10(3-4-13(11)19)23-17(27)12-8-18(12,20)21/h2-7,12,25H,8H2,1H3,(H,23,27)(H,24,26). The zero-order valence-corrected chi connectivity index (χ0v) is 16.8. The van der Waals surface area contributed by atoms with Crippen LogP contribution >= 0.6 is 34.8 Å². The molecule has 0 heterocycles. The van der Waals surface area contributed by atoms with E-state index in [9.17, 15) is 14.0 Å². The SMILES string of the molecule is CONc1cc(F)ccc1NC(=O)c1cc(NC(=O)C2CC2(Cl)Cl)ccc1Cl. The molecule has 148 valence electrons. The van der Waals surface area contributed by atoms with Gasteiger partial charge in [-0.2, -0.15) is 0 Å². The number of amides is 2. The smallest absolute Gasteiger partial charge is 0.257 e. The number of hydrogen-bond donors (Lipinski definition) is 3. The van der Waals surface area contributed by atoms with Crippen LogP contribution in [0.15, 0.2) is 36.4 Å². The van der Waals surface area contributed by atoms with Gasteiger partial charge in [0.25, 0.3) is 5.91 Å². The Balaban J connectivity index is 1.78. The average molecular weight is 447 g/mol. The van der Waals surface area contributed by atoms with E-state index < -0.39 is 22.0 Å². The van der Waals surface area contributed by atoms with E-state index in [0.29, 0.717) is 12.1 Å². The van der Waals surface area contributed by atoms with Gasteiger partial charge in [-0.3, -0.25) is 19.9 Å². The van der Waals surface area contributed by atoms with Crippen LogP contribution in [-0.4, -0.2) is 23.3 Å². The lowest BCUT2D eigenvalue weighted by atomic mass is 10.1. The van der Waals surface area contributed by atoms with Crippen LogP contribution in [0.2, 0.25) is 5.02 Å². The van der Waals surface area contributed by atoms with Crippen LogP contribution in [0.5, 0.6) is 0 Å². The molecule has 1 fully saturated rings. The maximum atomic E-state index is 13.4. The first kappa shape index (κ1) is 20.7. The van der Waals surface area contributed by atoms with Crippen LogP contribution in [0.1, 0.15) is 16.8 Å². The second-order valence-corrected chi connectivity index (χ2v) is 8.10. The molecule has 10 heteroatoms. The van der Waals surface area contributed by atoms with E-state index >= 15 is 0 Å². The summed E-state index contributed by atoms with van der Waals surface area (Å²) in [7, 11) is 1.36. The molecule has 0 saturated heterocycles. The van der Waals surface area contributed by atoms with Gasteiger partial charge >= 0.3 is 0 Å². The van der Waals surface area contributed by atoms with Crippen LogP contribution in [0, 0.1) is 11.7 Å². The van der Waals surface area contributed by atoms with Crippen molar-refractivity contribution in [3.8, 4) is 0 Å². The fourth-order valence-corrected chi connectivity index (χ4v) is 3.22. The third kappa shape index (κ3) is 4.67. The Morgan fingerprint density at radius 2 is 1.86 bits per heavy atom. The summed E-state index contributed by atoms with van der Waals surface area (Å²) in [6.07, 6.45) is 0.364. The van der Waals surface area contributed by atoms with Crippen molar-refractivity contribution >= 4 is 63.7 Å². The van der Waals surface area contributed by atoms with Crippen LogP contribution in [-0.2, 0) is 9.63 Å². The van der Waals surface area contributed by atoms with Crippen molar-refractivity contribution in [1.29, 1.82) is 0 Å². The summed E-state index contributed by atoms with van der Waals surface area (Å²) in [5, 5.41) is 5.45. The molecule has 2 aromatic rings. The minimum atomic E-state index is -1.05. The monoisotopic (exact) mass is 445 g/mol. The fraction of sp³-hybridized carbons (Fsp3) is 0.222. The molecule has 2 amide bonds. The number of anilines is 3. The molecule has 2 aromatic carbocycles. The molecule has 0 radical (unpaired) electrons. The first-order valence-electron chi connectivity index (χ1n) is 8.09. The zero-order chi connectivity index (χ0) is 20.5. The van der Waals surface area contributed by atoms with Gasteiger partial charge in [0.1, 0.15) is 10.2 Å². The Morgan fingerprint density at radius 3 is 2.50 bits per heavy atom. The summed E-state index contributed by atoms with van der Waals surface area (Å²) in [6, 6.07) is 8.19. The van der Waals surface area contributed by atoms with Gasteiger partial charge in [0, 0.05) is 11.8 Å². The minimum Gasteiger partial charge on any atom is -0.326 e. The zero-order valence-electron chi connectivity index (χ0n) is 14.5. The highest BCUT2D eigenvalue weighted by Gasteiger charge is 2.56. The maximum absolute atomic E-state index is 13.4. The summed E-state index contributed by atoms with van der Waals surface area (Å²) in [5.74, 6) is -1.91. The van der Waals surface area contributed by atoms with E-state index in [4.69, 9.17) is 39.6 Å². The molecule has 6 nitrogen and oxygen atoms in total. The van der Waals surface area contributed by atoms with Crippen molar-refractivity contribution < 1.29 is 18.8 Å². The molecule has 1 aliphatic rings. The lowest BCUT2D eigenvalue weighted by molar-refractivity contribution is -0.117. The number of alkyl halides is 2. The maximum Gasteiger partial charge on any atom is 0.257 e.